The van der Waals surface area contributed by atoms with Crippen LogP contribution in [0.3, 0.4) is 0 Å². The lowest BCUT2D eigenvalue weighted by Gasteiger charge is -2.17. The van der Waals surface area contributed by atoms with Crippen LogP contribution in [0.4, 0.5) is 23.0 Å². The molecule has 1 aromatic carbocycles. The molecule has 2 rings (SSSR count). The molecule has 0 saturated carbocycles. The third-order valence-electron chi connectivity index (χ3n) is 2.81. The summed E-state index contributed by atoms with van der Waals surface area (Å²) in [7, 11) is 3.76. The second kappa shape index (κ2) is 5.32. The first-order valence-corrected chi connectivity index (χ1v) is 6.18. The number of aromatic nitrogens is 2. The second-order valence-corrected chi connectivity index (χ2v) is 4.80. The monoisotopic (exact) mass is 277 g/mol. The van der Waals surface area contributed by atoms with Crippen LogP contribution in [0, 0.1) is 6.92 Å². The molecule has 0 atom stereocenters. The summed E-state index contributed by atoms with van der Waals surface area (Å²) in [5.41, 5.74) is 8.39. The average Bonchev–Trinajstić information content (AvgIpc) is 2.37. The Morgan fingerprint density at radius 2 is 2.00 bits per heavy atom. The fraction of sp³-hybridized carbons (Fsp3) is 0.231. The molecule has 3 N–H and O–H groups in total. The predicted octanol–water partition coefficient (Wildman–Crippen LogP) is 2.83. The Hall–Kier alpha value is -2.01. The molecule has 0 saturated heterocycles. The summed E-state index contributed by atoms with van der Waals surface area (Å²) in [6.45, 7) is 1.94. The first kappa shape index (κ1) is 13.4. The van der Waals surface area contributed by atoms with E-state index < -0.39 is 0 Å². The van der Waals surface area contributed by atoms with Gasteiger partial charge in [-0.2, -0.15) is 0 Å². The molecule has 6 heteroatoms. The van der Waals surface area contributed by atoms with E-state index in [1.54, 1.807) is 0 Å². The van der Waals surface area contributed by atoms with Gasteiger partial charge >= 0.3 is 0 Å². The van der Waals surface area contributed by atoms with Gasteiger partial charge in [0.05, 0.1) is 0 Å². The maximum atomic E-state index is 6.09. The number of rotatable bonds is 3. The highest BCUT2D eigenvalue weighted by molar-refractivity contribution is 6.31. The average molecular weight is 278 g/mol. The molecule has 0 unspecified atom stereocenters. The maximum absolute atomic E-state index is 6.09. The molecule has 19 heavy (non-hydrogen) atoms. The summed E-state index contributed by atoms with van der Waals surface area (Å²) in [5.74, 6) is 1.25. The summed E-state index contributed by atoms with van der Waals surface area (Å²) in [4.78, 5) is 10.2. The number of benzene rings is 1. The van der Waals surface area contributed by atoms with Crippen LogP contribution in [0.15, 0.2) is 24.5 Å². The molecule has 100 valence electrons. The Balaban J connectivity index is 2.39. The van der Waals surface area contributed by atoms with Gasteiger partial charge in [-0.25, -0.2) is 9.97 Å². The van der Waals surface area contributed by atoms with Gasteiger partial charge < -0.3 is 16.0 Å². The predicted molar refractivity (Wildman–Crippen MR) is 80.2 cm³/mol. The molecule has 0 spiro atoms. The fourth-order valence-corrected chi connectivity index (χ4v) is 1.89. The van der Waals surface area contributed by atoms with E-state index in [4.69, 9.17) is 17.3 Å². The molecule has 0 aliphatic heterocycles. The van der Waals surface area contributed by atoms with E-state index in [0.717, 1.165) is 11.3 Å². The highest BCUT2D eigenvalue weighted by Crippen LogP contribution is 2.30. The smallest absolute Gasteiger partial charge is 0.159 e. The SMILES string of the molecule is Cc1c(Cl)cccc1Nc1ncnc(N(C)C)c1N. The Morgan fingerprint density at radius 1 is 1.26 bits per heavy atom. The van der Waals surface area contributed by atoms with E-state index in [1.807, 2.05) is 44.1 Å². The quantitative estimate of drug-likeness (QED) is 0.903. The zero-order valence-corrected chi connectivity index (χ0v) is 11.9. The summed E-state index contributed by atoms with van der Waals surface area (Å²) < 4.78 is 0. The largest absolute Gasteiger partial charge is 0.393 e. The molecule has 0 aliphatic rings. The van der Waals surface area contributed by atoms with E-state index in [9.17, 15) is 0 Å². The van der Waals surface area contributed by atoms with E-state index in [2.05, 4.69) is 15.3 Å². The molecular formula is C13H16ClN5. The number of nitrogens with zero attached hydrogens (tertiary/aromatic N) is 3. The van der Waals surface area contributed by atoms with E-state index in [-0.39, 0.29) is 0 Å². The van der Waals surface area contributed by atoms with E-state index in [0.29, 0.717) is 22.3 Å². The summed E-state index contributed by atoms with van der Waals surface area (Å²) in [5, 5.41) is 3.89. The van der Waals surface area contributed by atoms with Crippen molar-refractivity contribution in [3.63, 3.8) is 0 Å². The number of nitrogens with two attached hydrogens (primary N) is 1. The zero-order valence-electron chi connectivity index (χ0n) is 11.1. The van der Waals surface area contributed by atoms with Crippen LogP contribution in [-0.2, 0) is 0 Å². The molecular weight excluding hydrogens is 262 g/mol. The number of nitrogen functional groups attached to an aromatic ring is 1. The molecule has 0 radical (unpaired) electrons. The van der Waals surface area contributed by atoms with Crippen LogP contribution in [0.5, 0.6) is 0 Å². The third kappa shape index (κ3) is 2.71. The number of hydrogen-bond donors (Lipinski definition) is 2. The molecule has 1 heterocycles. The van der Waals surface area contributed by atoms with Crippen molar-refractivity contribution in [2.24, 2.45) is 0 Å². The van der Waals surface area contributed by atoms with Gasteiger partial charge in [0.15, 0.2) is 11.6 Å². The number of anilines is 4. The van der Waals surface area contributed by atoms with Crippen LogP contribution in [-0.4, -0.2) is 24.1 Å². The normalized spacial score (nSPS) is 10.3. The summed E-state index contributed by atoms with van der Waals surface area (Å²) in [6, 6.07) is 5.65. The Labute approximate surface area is 117 Å². The molecule has 0 fully saturated rings. The van der Waals surface area contributed by atoms with E-state index >= 15 is 0 Å². The summed E-state index contributed by atoms with van der Waals surface area (Å²) in [6.07, 6.45) is 1.48. The van der Waals surface area contributed by atoms with Gasteiger partial charge in [-0.1, -0.05) is 17.7 Å². The standard InChI is InChI=1S/C13H16ClN5/c1-8-9(14)5-4-6-10(8)18-12-11(15)13(19(2)3)17-7-16-12/h4-7H,15H2,1-3H3,(H,16,17,18). The molecule has 2 aromatic rings. The maximum Gasteiger partial charge on any atom is 0.159 e. The lowest BCUT2D eigenvalue weighted by atomic mass is 10.2. The number of nitrogens with one attached hydrogen (secondary N) is 1. The molecule has 0 aliphatic carbocycles. The lowest BCUT2D eigenvalue weighted by Crippen LogP contribution is -2.14. The first-order chi connectivity index (χ1) is 9.00. The van der Waals surface area contributed by atoms with Crippen molar-refractivity contribution >= 4 is 34.6 Å². The Bertz CT molecular complexity index is 598. The van der Waals surface area contributed by atoms with Crippen molar-refractivity contribution in [1.82, 2.24) is 9.97 Å². The van der Waals surface area contributed by atoms with Gasteiger partial charge in [0.2, 0.25) is 0 Å². The first-order valence-electron chi connectivity index (χ1n) is 5.80. The Morgan fingerprint density at radius 3 is 2.68 bits per heavy atom. The Kier molecular flexibility index (Phi) is 3.76. The van der Waals surface area contributed by atoms with Gasteiger partial charge in [0.1, 0.15) is 12.0 Å². The van der Waals surface area contributed by atoms with Crippen molar-refractivity contribution in [1.29, 1.82) is 0 Å². The van der Waals surface area contributed by atoms with Gasteiger partial charge in [0, 0.05) is 24.8 Å². The van der Waals surface area contributed by atoms with Crippen LogP contribution < -0.4 is 16.0 Å². The molecule has 5 nitrogen and oxygen atoms in total. The van der Waals surface area contributed by atoms with Crippen molar-refractivity contribution in [2.75, 3.05) is 30.0 Å². The van der Waals surface area contributed by atoms with Gasteiger partial charge in [0.25, 0.3) is 0 Å². The lowest BCUT2D eigenvalue weighted by molar-refractivity contribution is 1.04. The minimum Gasteiger partial charge on any atom is -0.393 e. The van der Waals surface area contributed by atoms with Crippen LogP contribution in [0.25, 0.3) is 0 Å². The topological polar surface area (TPSA) is 67.1 Å². The third-order valence-corrected chi connectivity index (χ3v) is 3.22. The van der Waals surface area contributed by atoms with Crippen molar-refractivity contribution < 1.29 is 0 Å². The fourth-order valence-electron chi connectivity index (χ4n) is 1.71. The molecule has 1 aromatic heterocycles. The highest BCUT2D eigenvalue weighted by atomic mass is 35.5. The minimum absolute atomic E-state index is 0.506. The van der Waals surface area contributed by atoms with Gasteiger partial charge in [-0.3, -0.25) is 0 Å². The summed E-state index contributed by atoms with van der Waals surface area (Å²) >= 11 is 6.09. The van der Waals surface area contributed by atoms with Crippen molar-refractivity contribution in [3.05, 3.63) is 35.1 Å². The van der Waals surface area contributed by atoms with Crippen molar-refractivity contribution in [3.8, 4) is 0 Å². The van der Waals surface area contributed by atoms with Crippen LogP contribution >= 0.6 is 11.6 Å². The second-order valence-electron chi connectivity index (χ2n) is 4.39. The molecule has 0 amide bonds. The number of hydrogen-bond acceptors (Lipinski definition) is 5. The van der Waals surface area contributed by atoms with E-state index in [1.165, 1.54) is 6.33 Å². The minimum atomic E-state index is 0.506. The molecule has 0 bridgehead atoms. The van der Waals surface area contributed by atoms with Crippen LogP contribution in [0.2, 0.25) is 5.02 Å². The van der Waals surface area contributed by atoms with Gasteiger partial charge in [-0.05, 0) is 24.6 Å². The number of halogens is 1. The van der Waals surface area contributed by atoms with Crippen molar-refractivity contribution in [2.45, 2.75) is 6.92 Å². The van der Waals surface area contributed by atoms with Crippen LogP contribution in [0.1, 0.15) is 5.56 Å². The van der Waals surface area contributed by atoms with Gasteiger partial charge in [-0.15, -0.1) is 0 Å². The highest BCUT2D eigenvalue weighted by Gasteiger charge is 2.11. The zero-order chi connectivity index (χ0) is 14.0.